The smallest absolute Gasteiger partial charge is 0.310 e. The second kappa shape index (κ2) is 9.50. The van der Waals surface area contributed by atoms with Crippen molar-refractivity contribution in [3.05, 3.63) is 54.4 Å². The standard InChI is InChI=1S/C24H25N3O6/c1-13(22(30)27-18-12-19(28)33-24(18)32)15-7-4-5-9-17(21(15)29)26-23(31)20-16-8-3-2-6-14(16)10-11-25-20/h2-6,8,10-11,13,15,17-18,24,32H,7,9,12H2,1H3,(H,26,31)(H,27,30). The number of ketones is 1. The fourth-order valence-corrected chi connectivity index (χ4v) is 4.24. The SMILES string of the molecule is CC(C(=O)NC1CC(=O)OC1O)C1CC=CCC(NC(=O)c2nccc3ccccc23)C1=O. The molecule has 2 amide bonds. The van der Waals surface area contributed by atoms with Gasteiger partial charge in [-0.1, -0.05) is 43.3 Å². The first-order chi connectivity index (χ1) is 15.8. The van der Waals surface area contributed by atoms with E-state index in [-0.39, 0.29) is 17.9 Å². The van der Waals surface area contributed by atoms with Crippen LogP contribution in [0.15, 0.2) is 48.7 Å². The molecule has 0 saturated carbocycles. The molecule has 9 heteroatoms. The van der Waals surface area contributed by atoms with Crippen molar-refractivity contribution in [2.24, 2.45) is 11.8 Å². The molecule has 172 valence electrons. The molecule has 1 aromatic heterocycles. The summed E-state index contributed by atoms with van der Waals surface area (Å²) in [5.41, 5.74) is 0.233. The molecule has 1 saturated heterocycles. The molecule has 2 aromatic rings. The zero-order chi connectivity index (χ0) is 23.5. The number of aliphatic hydroxyl groups excluding tert-OH is 1. The molecule has 3 N–H and O–H groups in total. The Labute approximate surface area is 190 Å². The van der Waals surface area contributed by atoms with Crippen molar-refractivity contribution in [1.29, 1.82) is 0 Å². The number of allylic oxidation sites excluding steroid dienone is 1. The van der Waals surface area contributed by atoms with Gasteiger partial charge in [-0.3, -0.25) is 24.2 Å². The Morgan fingerprint density at radius 1 is 1.12 bits per heavy atom. The summed E-state index contributed by atoms with van der Waals surface area (Å²) in [5, 5.41) is 16.7. The maximum absolute atomic E-state index is 13.3. The van der Waals surface area contributed by atoms with Gasteiger partial charge in [0.25, 0.3) is 5.91 Å². The first-order valence-corrected chi connectivity index (χ1v) is 10.9. The maximum atomic E-state index is 13.3. The molecule has 1 aromatic carbocycles. The Morgan fingerprint density at radius 3 is 2.64 bits per heavy atom. The van der Waals surface area contributed by atoms with E-state index < -0.39 is 48.0 Å². The van der Waals surface area contributed by atoms with Gasteiger partial charge in [0.05, 0.1) is 12.5 Å². The summed E-state index contributed by atoms with van der Waals surface area (Å²) < 4.78 is 4.64. The second-order valence-corrected chi connectivity index (χ2v) is 8.35. The van der Waals surface area contributed by atoms with Crippen LogP contribution in [-0.4, -0.2) is 52.0 Å². The number of Topliss-reactive ketones (excluding diaryl/α,β-unsaturated/α-hetero) is 1. The predicted molar refractivity (Wildman–Crippen MR) is 118 cm³/mol. The molecule has 9 nitrogen and oxygen atoms in total. The molecule has 1 aliphatic carbocycles. The number of hydrogen-bond acceptors (Lipinski definition) is 7. The van der Waals surface area contributed by atoms with Gasteiger partial charge in [-0.05, 0) is 24.3 Å². The minimum Gasteiger partial charge on any atom is -0.434 e. The van der Waals surface area contributed by atoms with Crippen molar-refractivity contribution >= 4 is 34.3 Å². The third kappa shape index (κ3) is 4.78. The average Bonchev–Trinajstić information content (AvgIpc) is 3.01. The molecule has 0 radical (unpaired) electrons. The first kappa shape index (κ1) is 22.6. The molecule has 2 aliphatic rings. The van der Waals surface area contributed by atoms with Crippen molar-refractivity contribution in [2.75, 3.05) is 0 Å². The van der Waals surface area contributed by atoms with Gasteiger partial charge in [0.15, 0.2) is 5.78 Å². The van der Waals surface area contributed by atoms with Gasteiger partial charge in [-0.15, -0.1) is 0 Å². The van der Waals surface area contributed by atoms with Crippen LogP contribution in [-0.2, 0) is 19.1 Å². The summed E-state index contributed by atoms with van der Waals surface area (Å²) >= 11 is 0. The largest absolute Gasteiger partial charge is 0.434 e. The number of hydrogen-bond donors (Lipinski definition) is 3. The molecular formula is C24H25N3O6. The van der Waals surface area contributed by atoms with Crippen LogP contribution in [0.5, 0.6) is 0 Å². The van der Waals surface area contributed by atoms with Crippen LogP contribution in [0.1, 0.15) is 36.7 Å². The van der Waals surface area contributed by atoms with Gasteiger partial charge in [0.1, 0.15) is 11.7 Å². The first-order valence-electron chi connectivity index (χ1n) is 10.9. The minimum absolute atomic E-state index is 0.130. The number of aliphatic hydroxyl groups is 1. The lowest BCUT2D eigenvalue weighted by Crippen LogP contribution is -2.48. The molecule has 2 heterocycles. The topological polar surface area (TPSA) is 135 Å². The Kier molecular flexibility index (Phi) is 6.50. The van der Waals surface area contributed by atoms with Crippen LogP contribution in [0.2, 0.25) is 0 Å². The Balaban J connectivity index is 1.47. The molecule has 1 aliphatic heterocycles. The lowest BCUT2D eigenvalue weighted by atomic mass is 9.84. The van der Waals surface area contributed by atoms with Crippen molar-refractivity contribution in [3.8, 4) is 0 Å². The Hall–Kier alpha value is -3.59. The summed E-state index contributed by atoms with van der Waals surface area (Å²) in [6.45, 7) is 1.62. The molecule has 5 unspecified atom stereocenters. The predicted octanol–water partition coefficient (Wildman–Crippen LogP) is 1.25. The number of rotatable bonds is 5. The average molecular weight is 451 g/mol. The third-order valence-corrected chi connectivity index (χ3v) is 6.16. The van der Waals surface area contributed by atoms with E-state index in [0.717, 1.165) is 5.39 Å². The molecule has 0 spiro atoms. The van der Waals surface area contributed by atoms with Crippen LogP contribution in [0.25, 0.3) is 10.8 Å². The summed E-state index contributed by atoms with van der Waals surface area (Å²) in [5.74, 6) is -3.19. The Bertz CT molecular complexity index is 1120. The quantitative estimate of drug-likeness (QED) is 0.460. The van der Waals surface area contributed by atoms with Crippen LogP contribution in [0.4, 0.5) is 0 Å². The lowest BCUT2D eigenvalue weighted by molar-refractivity contribution is -0.155. The van der Waals surface area contributed by atoms with Gasteiger partial charge in [-0.2, -0.15) is 0 Å². The number of ether oxygens (including phenoxy) is 1. The fourth-order valence-electron chi connectivity index (χ4n) is 4.24. The lowest BCUT2D eigenvalue weighted by Gasteiger charge is -2.25. The van der Waals surface area contributed by atoms with E-state index in [4.69, 9.17) is 0 Å². The van der Waals surface area contributed by atoms with Crippen LogP contribution in [0, 0.1) is 11.8 Å². The number of aromatic nitrogens is 1. The number of cyclic esters (lactones) is 1. The van der Waals surface area contributed by atoms with Gasteiger partial charge in [-0.25, -0.2) is 0 Å². The van der Waals surface area contributed by atoms with E-state index in [2.05, 4.69) is 20.4 Å². The third-order valence-electron chi connectivity index (χ3n) is 6.16. The molecule has 1 fully saturated rings. The Morgan fingerprint density at radius 2 is 1.88 bits per heavy atom. The summed E-state index contributed by atoms with van der Waals surface area (Å²) in [6, 6.07) is 7.51. The van der Waals surface area contributed by atoms with Crippen molar-refractivity contribution in [2.45, 2.75) is 44.6 Å². The van der Waals surface area contributed by atoms with Gasteiger partial charge >= 0.3 is 5.97 Å². The molecule has 5 atom stereocenters. The minimum atomic E-state index is -1.40. The number of nitrogens with zero attached hydrogens (tertiary/aromatic N) is 1. The van der Waals surface area contributed by atoms with Gasteiger partial charge in [0, 0.05) is 23.4 Å². The molecular weight excluding hydrogens is 426 g/mol. The van der Waals surface area contributed by atoms with Crippen LogP contribution < -0.4 is 10.6 Å². The highest BCUT2D eigenvalue weighted by molar-refractivity contribution is 6.07. The van der Waals surface area contributed by atoms with Gasteiger partial charge in [0.2, 0.25) is 12.2 Å². The fraction of sp³-hybridized carbons (Fsp3) is 0.375. The number of amides is 2. The molecule has 0 bridgehead atoms. The van der Waals surface area contributed by atoms with E-state index in [1.807, 2.05) is 36.4 Å². The zero-order valence-electron chi connectivity index (χ0n) is 18.1. The normalized spacial score (nSPS) is 25.9. The number of benzene rings is 1. The maximum Gasteiger partial charge on any atom is 0.310 e. The monoisotopic (exact) mass is 451 g/mol. The summed E-state index contributed by atoms with van der Waals surface area (Å²) in [6.07, 6.45) is 4.31. The second-order valence-electron chi connectivity index (χ2n) is 8.35. The number of carbonyl (C=O) groups is 4. The molecule has 33 heavy (non-hydrogen) atoms. The number of fused-ring (bicyclic) bond motifs is 1. The number of esters is 1. The summed E-state index contributed by atoms with van der Waals surface area (Å²) in [4.78, 5) is 54.5. The van der Waals surface area contributed by atoms with E-state index in [1.165, 1.54) is 0 Å². The van der Waals surface area contributed by atoms with E-state index in [9.17, 15) is 24.3 Å². The summed E-state index contributed by atoms with van der Waals surface area (Å²) in [7, 11) is 0. The van der Waals surface area contributed by atoms with E-state index >= 15 is 0 Å². The number of carbonyl (C=O) groups excluding carboxylic acids is 4. The number of pyridine rings is 1. The zero-order valence-corrected chi connectivity index (χ0v) is 18.1. The van der Waals surface area contributed by atoms with E-state index in [1.54, 1.807) is 19.2 Å². The molecule has 4 rings (SSSR count). The highest BCUT2D eigenvalue weighted by atomic mass is 16.6. The highest BCUT2D eigenvalue weighted by Crippen LogP contribution is 2.25. The van der Waals surface area contributed by atoms with Crippen molar-refractivity contribution in [3.63, 3.8) is 0 Å². The van der Waals surface area contributed by atoms with Gasteiger partial charge < -0.3 is 20.5 Å². The van der Waals surface area contributed by atoms with Crippen molar-refractivity contribution in [1.82, 2.24) is 15.6 Å². The highest BCUT2D eigenvalue weighted by Gasteiger charge is 2.39. The van der Waals surface area contributed by atoms with E-state index in [0.29, 0.717) is 18.2 Å². The van der Waals surface area contributed by atoms with Crippen LogP contribution in [0.3, 0.4) is 0 Å². The van der Waals surface area contributed by atoms with Crippen LogP contribution >= 0.6 is 0 Å². The number of nitrogens with one attached hydrogen (secondary N) is 2. The van der Waals surface area contributed by atoms with Crippen molar-refractivity contribution < 1.29 is 29.0 Å².